The summed E-state index contributed by atoms with van der Waals surface area (Å²) in [7, 11) is 0. The van der Waals surface area contributed by atoms with Crippen molar-refractivity contribution < 1.29 is 0 Å². The molecular weight excluding hydrogens is 583 g/mol. The van der Waals surface area contributed by atoms with E-state index in [4.69, 9.17) is 4.98 Å². The maximum absolute atomic E-state index is 5.19. The van der Waals surface area contributed by atoms with Gasteiger partial charge in [0.05, 0.1) is 27.8 Å². The number of rotatable bonds is 4. The number of nitrogens with zero attached hydrogens (tertiary/aromatic N) is 3. The van der Waals surface area contributed by atoms with Crippen molar-refractivity contribution in [3.63, 3.8) is 0 Å². The van der Waals surface area contributed by atoms with Crippen molar-refractivity contribution in [2.24, 2.45) is 0 Å². The molecule has 10 rings (SSSR count). The van der Waals surface area contributed by atoms with Crippen LogP contribution in [0.1, 0.15) is 0 Å². The van der Waals surface area contributed by atoms with Crippen LogP contribution >= 0.6 is 0 Å². The van der Waals surface area contributed by atoms with Gasteiger partial charge in [-0.15, -0.1) is 0 Å². The molecule has 0 atom stereocenters. The minimum atomic E-state index is 0.995. The first kappa shape index (κ1) is 26.7. The SMILES string of the molecule is c1ccc(-n2c3ccccc3c3cc(-c4cnc(-c5ccc6c(c5)c5ccccc5n6-c5ccccc5)c5ccccc45)ccc32)cc1. The lowest BCUT2D eigenvalue weighted by Crippen LogP contribution is -1.94. The lowest BCUT2D eigenvalue weighted by Gasteiger charge is -2.12. The molecule has 0 aliphatic rings. The van der Waals surface area contributed by atoms with Crippen LogP contribution in [-0.2, 0) is 0 Å². The van der Waals surface area contributed by atoms with Gasteiger partial charge in [-0.1, -0.05) is 109 Å². The van der Waals surface area contributed by atoms with Gasteiger partial charge < -0.3 is 9.13 Å². The number of fused-ring (bicyclic) bond motifs is 7. The van der Waals surface area contributed by atoms with E-state index in [9.17, 15) is 0 Å². The quantitative estimate of drug-likeness (QED) is 0.194. The third kappa shape index (κ3) is 3.98. The summed E-state index contributed by atoms with van der Waals surface area (Å²) < 4.78 is 4.72. The first-order valence-corrected chi connectivity index (χ1v) is 16.4. The van der Waals surface area contributed by atoms with Crippen LogP contribution in [0.25, 0.3) is 88.1 Å². The Hall–Kier alpha value is -6.45. The van der Waals surface area contributed by atoms with E-state index in [1.807, 2.05) is 0 Å². The highest BCUT2D eigenvalue weighted by Crippen LogP contribution is 2.40. The Morgan fingerprint density at radius 2 is 0.771 bits per heavy atom. The Labute approximate surface area is 277 Å². The molecule has 10 aromatic rings. The van der Waals surface area contributed by atoms with Crippen molar-refractivity contribution in [1.29, 1.82) is 0 Å². The summed E-state index contributed by atoms with van der Waals surface area (Å²) in [5.41, 5.74) is 11.5. The average molecular weight is 612 g/mol. The van der Waals surface area contributed by atoms with Gasteiger partial charge in [0.15, 0.2) is 0 Å². The van der Waals surface area contributed by atoms with Gasteiger partial charge in [0.2, 0.25) is 0 Å². The molecule has 0 radical (unpaired) electrons. The summed E-state index contributed by atoms with van der Waals surface area (Å²) >= 11 is 0. The summed E-state index contributed by atoms with van der Waals surface area (Å²) in [6.45, 7) is 0. The zero-order chi connectivity index (χ0) is 31.6. The minimum absolute atomic E-state index is 0.995. The molecule has 0 aliphatic carbocycles. The van der Waals surface area contributed by atoms with E-state index >= 15 is 0 Å². The zero-order valence-electron chi connectivity index (χ0n) is 26.1. The van der Waals surface area contributed by atoms with E-state index in [1.165, 1.54) is 49.0 Å². The van der Waals surface area contributed by atoms with E-state index in [-0.39, 0.29) is 0 Å². The standard InChI is InChI=1S/C45H29N3/c1-3-13-32(14-4-1)47-41-21-11-9-18-35(41)38-27-30(23-25-43(38)47)40-29-46-45(37-20-8-7-17-34(37)40)31-24-26-44-39(28-31)36-19-10-12-22-42(36)48(44)33-15-5-2-6-16-33/h1-29H. The molecule has 0 aliphatic heterocycles. The molecule has 7 aromatic carbocycles. The maximum atomic E-state index is 5.19. The third-order valence-corrected chi connectivity index (χ3v) is 9.75. The van der Waals surface area contributed by atoms with E-state index in [0.717, 1.165) is 39.1 Å². The van der Waals surface area contributed by atoms with Crippen LogP contribution in [0.3, 0.4) is 0 Å². The normalized spacial score (nSPS) is 11.8. The Bertz CT molecular complexity index is 2630. The summed E-state index contributed by atoms with van der Waals surface area (Å²) in [4.78, 5) is 5.19. The lowest BCUT2D eigenvalue weighted by molar-refractivity contribution is 1.18. The Balaban J connectivity index is 1.15. The molecule has 0 fully saturated rings. The van der Waals surface area contributed by atoms with Crippen molar-refractivity contribution >= 4 is 54.4 Å². The Morgan fingerprint density at radius 1 is 0.333 bits per heavy atom. The topological polar surface area (TPSA) is 22.8 Å². The fraction of sp³-hybridized carbons (Fsp3) is 0. The average Bonchev–Trinajstić information content (AvgIpc) is 3.67. The molecule has 3 nitrogen and oxygen atoms in total. The van der Waals surface area contributed by atoms with Gasteiger partial charge >= 0.3 is 0 Å². The van der Waals surface area contributed by atoms with E-state index in [2.05, 4.69) is 185 Å². The molecule has 0 saturated carbocycles. The fourth-order valence-corrected chi connectivity index (χ4v) is 7.62. The predicted molar refractivity (Wildman–Crippen MR) is 201 cm³/mol. The maximum Gasteiger partial charge on any atom is 0.0780 e. The monoisotopic (exact) mass is 611 g/mol. The van der Waals surface area contributed by atoms with Crippen molar-refractivity contribution in [2.45, 2.75) is 0 Å². The van der Waals surface area contributed by atoms with Gasteiger partial charge in [-0.3, -0.25) is 4.98 Å². The zero-order valence-corrected chi connectivity index (χ0v) is 26.1. The van der Waals surface area contributed by atoms with Crippen molar-refractivity contribution in [3.05, 3.63) is 176 Å². The van der Waals surface area contributed by atoms with Crippen LogP contribution in [0, 0.1) is 0 Å². The molecular formula is C45H29N3. The Morgan fingerprint density at radius 3 is 1.35 bits per heavy atom. The molecule has 3 heteroatoms. The largest absolute Gasteiger partial charge is 0.309 e. The van der Waals surface area contributed by atoms with Crippen molar-refractivity contribution in [1.82, 2.24) is 14.1 Å². The van der Waals surface area contributed by atoms with Gasteiger partial charge in [0.25, 0.3) is 0 Å². The molecule has 0 amide bonds. The molecule has 3 aromatic heterocycles. The molecule has 0 saturated heterocycles. The molecule has 3 heterocycles. The second-order valence-corrected chi connectivity index (χ2v) is 12.4. The summed E-state index contributed by atoms with van der Waals surface area (Å²) in [5, 5.41) is 7.29. The number of para-hydroxylation sites is 4. The summed E-state index contributed by atoms with van der Waals surface area (Å²) in [6, 6.07) is 60.9. The molecule has 48 heavy (non-hydrogen) atoms. The molecule has 0 bridgehead atoms. The van der Waals surface area contributed by atoms with Crippen LogP contribution in [0.2, 0.25) is 0 Å². The number of hydrogen-bond acceptors (Lipinski definition) is 1. The van der Waals surface area contributed by atoms with E-state index in [0.29, 0.717) is 0 Å². The van der Waals surface area contributed by atoms with E-state index < -0.39 is 0 Å². The predicted octanol–water partition coefficient (Wildman–Crippen LogP) is 11.8. The lowest BCUT2D eigenvalue weighted by atomic mass is 9.95. The van der Waals surface area contributed by atoms with Gasteiger partial charge in [-0.2, -0.15) is 0 Å². The summed E-state index contributed by atoms with van der Waals surface area (Å²) in [5.74, 6) is 0. The van der Waals surface area contributed by atoms with Crippen LogP contribution in [0.4, 0.5) is 0 Å². The third-order valence-electron chi connectivity index (χ3n) is 9.75. The molecule has 0 unspecified atom stereocenters. The highest BCUT2D eigenvalue weighted by Gasteiger charge is 2.17. The molecule has 224 valence electrons. The van der Waals surface area contributed by atoms with Crippen LogP contribution in [0.5, 0.6) is 0 Å². The fourth-order valence-electron chi connectivity index (χ4n) is 7.62. The van der Waals surface area contributed by atoms with Crippen LogP contribution in [0.15, 0.2) is 176 Å². The Kier molecular flexibility index (Phi) is 5.87. The highest BCUT2D eigenvalue weighted by atomic mass is 15.0. The van der Waals surface area contributed by atoms with Crippen molar-refractivity contribution in [3.8, 4) is 33.8 Å². The summed E-state index contributed by atoms with van der Waals surface area (Å²) in [6.07, 6.45) is 2.06. The molecule has 0 N–H and O–H groups in total. The van der Waals surface area contributed by atoms with Gasteiger partial charge in [-0.25, -0.2) is 0 Å². The van der Waals surface area contributed by atoms with E-state index in [1.54, 1.807) is 0 Å². The molecule has 0 spiro atoms. The van der Waals surface area contributed by atoms with Crippen LogP contribution < -0.4 is 0 Å². The number of hydrogen-bond donors (Lipinski definition) is 0. The van der Waals surface area contributed by atoms with Crippen LogP contribution in [-0.4, -0.2) is 14.1 Å². The van der Waals surface area contributed by atoms with Gasteiger partial charge in [0.1, 0.15) is 0 Å². The smallest absolute Gasteiger partial charge is 0.0780 e. The first-order valence-electron chi connectivity index (χ1n) is 16.4. The highest BCUT2D eigenvalue weighted by molar-refractivity contribution is 6.13. The number of aromatic nitrogens is 3. The second kappa shape index (κ2) is 10.5. The van der Waals surface area contributed by atoms with Gasteiger partial charge in [0, 0.05) is 55.6 Å². The number of benzene rings is 7. The number of pyridine rings is 1. The first-order chi connectivity index (χ1) is 23.8. The second-order valence-electron chi connectivity index (χ2n) is 12.4. The van der Waals surface area contributed by atoms with Gasteiger partial charge in [-0.05, 0) is 71.6 Å². The van der Waals surface area contributed by atoms with Crippen molar-refractivity contribution in [2.75, 3.05) is 0 Å². The minimum Gasteiger partial charge on any atom is -0.309 e.